The number of nitrogens with one attached hydrogen (secondary N) is 1. The van der Waals surface area contributed by atoms with Gasteiger partial charge in [-0.2, -0.15) is 0 Å². The Kier molecular flexibility index (Phi) is 4.11. The van der Waals surface area contributed by atoms with Crippen LogP contribution >= 0.6 is 0 Å². The van der Waals surface area contributed by atoms with Gasteiger partial charge in [-0.15, -0.1) is 0 Å². The van der Waals surface area contributed by atoms with Gasteiger partial charge < -0.3 is 15.2 Å². The minimum Gasteiger partial charge on any atom is -0.488 e. The predicted octanol–water partition coefficient (Wildman–Crippen LogP) is 2.57. The zero-order chi connectivity index (χ0) is 14.0. The molecule has 2 N–H and O–H groups in total. The van der Waals surface area contributed by atoms with Crippen LogP contribution in [0.5, 0.6) is 5.75 Å². The molecule has 1 saturated heterocycles. The molecule has 4 heteroatoms. The maximum Gasteiger partial charge on any atom is 0.165 e. The monoisotopic (exact) mass is 267 g/mol. The molecule has 19 heavy (non-hydrogen) atoms. The van der Waals surface area contributed by atoms with Gasteiger partial charge in [0.25, 0.3) is 0 Å². The first-order chi connectivity index (χ1) is 8.91. The van der Waals surface area contributed by atoms with Crippen molar-refractivity contribution in [2.75, 3.05) is 6.54 Å². The van der Waals surface area contributed by atoms with Gasteiger partial charge in [-0.05, 0) is 57.9 Å². The highest BCUT2D eigenvalue weighted by molar-refractivity contribution is 5.33. The average Bonchev–Trinajstić information content (AvgIpc) is 2.85. The van der Waals surface area contributed by atoms with Crippen molar-refractivity contribution in [2.24, 2.45) is 0 Å². The Morgan fingerprint density at radius 2 is 2.21 bits per heavy atom. The number of rotatable bonds is 4. The molecular formula is C15H22FNO2. The summed E-state index contributed by atoms with van der Waals surface area (Å²) < 4.78 is 19.3. The molecule has 0 radical (unpaired) electrons. The molecule has 1 heterocycles. The van der Waals surface area contributed by atoms with Crippen molar-refractivity contribution in [1.82, 2.24) is 5.32 Å². The molecule has 2 atom stereocenters. The lowest BCUT2D eigenvalue weighted by atomic mass is 9.87. The summed E-state index contributed by atoms with van der Waals surface area (Å²) in [6, 6.07) is 4.68. The van der Waals surface area contributed by atoms with E-state index in [0.29, 0.717) is 5.56 Å². The summed E-state index contributed by atoms with van der Waals surface area (Å²) in [5.74, 6) is -0.196. The maximum absolute atomic E-state index is 14.0. The van der Waals surface area contributed by atoms with Gasteiger partial charge in [-0.25, -0.2) is 4.39 Å². The number of ether oxygens (including phenoxy) is 1. The third kappa shape index (κ3) is 3.07. The van der Waals surface area contributed by atoms with Crippen LogP contribution in [0.3, 0.4) is 0 Å². The van der Waals surface area contributed by atoms with Gasteiger partial charge in [0, 0.05) is 6.04 Å². The highest BCUT2D eigenvalue weighted by Gasteiger charge is 2.35. The number of halogens is 1. The molecule has 1 aliphatic heterocycles. The molecule has 0 amide bonds. The largest absolute Gasteiger partial charge is 0.488 e. The van der Waals surface area contributed by atoms with Crippen LogP contribution in [-0.2, 0) is 5.60 Å². The van der Waals surface area contributed by atoms with Gasteiger partial charge >= 0.3 is 0 Å². The van der Waals surface area contributed by atoms with Crippen LogP contribution in [0.2, 0.25) is 0 Å². The molecule has 0 saturated carbocycles. The summed E-state index contributed by atoms with van der Waals surface area (Å²) in [7, 11) is 0. The van der Waals surface area contributed by atoms with Crippen LogP contribution < -0.4 is 10.1 Å². The Bertz CT molecular complexity index is 440. The summed E-state index contributed by atoms with van der Waals surface area (Å²) in [5.41, 5.74) is -0.478. The highest BCUT2D eigenvalue weighted by atomic mass is 19.1. The Morgan fingerprint density at radius 1 is 1.47 bits per heavy atom. The van der Waals surface area contributed by atoms with Crippen molar-refractivity contribution in [3.8, 4) is 5.75 Å². The second-order valence-electron chi connectivity index (χ2n) is 5.61. The third-order valence-corrected chi connectivity index (χ3v) is 3.62. The Balaban J connectivity index is 2.23. The second kappa shape index (κ2) is 5.47. The van der Waals surface area contributed by atoms with Gasteiger partial charge in [0.15, 0.2) is 11.6 Å². The van der Waals surface area contributed by atoms with Gasteiger partial charge in [0.2, 0.25) is 0 Å². The van der Waals surface area contributed by atoms with Crippen LogP contribution in [0.4, 0.5) is 4.39 Å². The van der Waals surface area contributed by atoms with Gasteiger partial charge in [0.1, 0.15) is 5.60 Å². The molecule has 0 aromatic heterocycles. The van der Waals surface area contributed by atoms with Crippen molar-refractivity contribution in [3.05, 3.63) is 29.6 Å². The summed E-state index contributed by atoms with van der Waals surface area (Å²) in [6.45, 7) is 6.34. The van der Waals surface area contributed by atoms with Gasteiger partial charge in [0.05, 0.1) is 6.10 Å². The summed E-state index contributed by atoms with van der Waals surface area (Å²) >= 11 is 0. The van der Waals surface area contributed by atoms with Crippen LogP contribution in [0.25, 0.3) is 0 Å². The quantitative estimate of drug-likeness (QED) is 0.881. The first kappa shape index (κ1) is 14.3. The molecule has 1 fully saturated rings. The number of hydrogen-bond donors (Lipinski definition) is 2. The smallest absolute Gasteiger partial charge is 0.165 e. The van der Waals surface area contributed by atoms with E-state index in [2.05, 4.69) is 5.32 Å². The molecule has 1 aromatic rings. The lowest BCUT2D eigenvalue weighted by Gasteiger charge is -2.31. The molecule has 0 aliphatic carbocycles. The Hall–Kier alpha value is -1.13. The van der Waals surface area contributed by atoms with Crippen LogP contribution in [-0.4, -0.2) is 23.8 Å². The molecule has 2 unspecified atom stereocenters. The average molecular weight is 267 g/mol. The molecule has 1 aromatic carbocycles. The third-order valence-electron chi connectivity index (χ3n) is 3.62. The van der Waals surface area contributed by atoms with E-state index < -0.39 is 11.4 Å². The minimum absolute atomic E-state index is 0.0243. The molecule has 3 nitrogen and oxygen atoms in total. The lowest BCUT2D eigenvalue weighted by Crippen LogP contribution is -2.42. The fourth-order valence-electron chi connectivity index (χ4n) is 2.53. The van der Waals surface area contributed by atoms with E-state index in [1.165, 1.54) is 6.07 Å². The second-order valence-corrected chi connectivity index (χ2v) is 5.61. The fraction of sp³-hybridized carbons (Fsp3) is 0.600. The first-order valence-corrected chi connectivity index (χ1v) is 6.83. The standard InChI is InChI=1S/C15H22FNO2/c1-10(2)19-13-7-6-11(9-12(13)16)15(3,18)14-5-4-8-17-14/h6-7,9-10,14,17-18H,4-5,8H2,1-3H3. The lowest BCUT2D eigenvalue weighted by molar-refractivity contribution is 0.0214. The molecule has 1 aliphatic rings. The van der Waals surface area contributed by atoms with E-state index >= 15 is 0 Å². The zero-order valence-corrected chi connectivity index (χ0v) is 11.7. The van der Waals surface area contributed by atoms with Crippen LogP contribution in [0.1, 0.15) is 39.2 Å². The van der Waals surface area contributed by atoms with Crippen molar-refractivity contribution in [2.45, 2.75) is 51.4 Å². The van der Waals surface area contributed by atoms with Crippen molar-refractivity contribution in [3.63, 3.8) is 0 Å². The minimum atomic E-state index is -1.06. The van der Waals surface area contributed by atoms with Crippen molar-refractivity contribution >= 4 is 0 Å². The van der Waals surface area contributed by atoms with E-state index in [1.54, 1.807) is 19.1 Å². The number of aliphatic hydroxyl groups is 1. The number of hydrogen-bond acceptors (Lipinski definition) is 3. The molecule has 0 spiro atoms. The van der Waals surface area contributed by atoms with E-state index in [9.17, 15) is 9.50 Å². The normalized spacial score (nSPS) is 22.5. The van der Waals surface area contributed by atoms with E-state index in [1.807, 2.05) is 13.8 Å². The Morgan fingerprint density at radius 3 is 2.74 bits per heavy atom. The van der Waals surface area contributed by atoms with Crippen molar-refractivity contribution < 1.29 is 14.2 Å². The highest BCUT2D eigenvalue weighted by Crippen LogP contribution is 2.32. The predicted molar refractivity (Wildman–Crippen MR) is 72.8 cm³/mol. The van der Waals surface area contributed by atoms with Gasteiger partial charge in [-0.3, -0.25) is 0 Å². The van der Waals surface area contributed by atoms with Crippen LogP contribution in [0.15, 0.2) is 18.2 Å². The Labute approximate surface area is 113 Å². The van der Waals surface area contributed by atoms with Crippen molar-refractivity contribution in [1.29, 1.82) is 0 Å². The summed E-state index contributed by atoms with van der Waals surface area (Å²) in [6.07, 6.45) is 1.87. The fourth-order valence-corrected chi connectivity index (χ4v) is 2.53. The summed E-state index contributed by atoms with van der Waals surface area (Å²) in [5, 5.41) is 13.9. The molecule has 106 valence electrons. The SMILES string of the molecule is CC(C)Oc1ccc(C(C)(O)C2CCCN2)cc1F. The van der Waals surface area contributed by atoms with E-state index in [-0.39, 0.29) is 17.9 Å². The zero-order valence-electron chi connectivity index (χ0n) is 11.7. The van der Waals surface area contributed by atoms with Gasteiger partial charge in [-0.1, -0.05) is 6.07 Å². The topological polar surface area (TPSA) is 41.5 Å². The number of benzene rings is 1. The molecular weight excluding hydrogens is 245 g/mol. The van der Waals surface area contributed by atoms with Crippen LogP contribution in [0, 0.1) is 5.82 Å². The molecule has 2 rings (SSSR count). The first-order valence-electron chi connectivity index (χ1n) is 6.83. The van der Waals surface area contributed by atoms with E-state index in [4.69, 9.17) is 4.74 Å². The molecule has 0 bridgehead atoms. The maximum atomic E-state index is 14.0. The van der Waals surface area contributed by atoms with E-state index in [0.717, 1.165) is 19.4 Å². The summed E-state index contributed by atoms with van der Waals surface area (Å²) in [4.78, 5) is 0.